The van der Waals surface area contributed by atoms with Crippen molar-refractivity contribution >= 4 is 7.82 Å². The fourth-order valence-corrected chi connectivity index (χ4v) is 4.29. The van der Waals surface area contributed by atoms with Crippen molar-refractivity contribution in [2.24, 2.45) is 0 Å². The standard InChI is InChI=1S/C25H37O4P/c1-2-3-4-5-6-7-8-9-10-11-13-16-23-19-21-25(22-20-23)29-30(26,27)28-24-17-14-12-15-18-24/h12,14-15,17-22H,2-11,13,16H2,1H3,(H,26,27). The van der Waals surface area contributed by atoms with Crippen LogP contribution in [0.5, 0.6) is 11.5 Å². The number of rotatable bonds is 16. The number of aryl methyl sites for hydroxylation is 1. The predicted octanol–water partition coefficient (Wildman–Crippen LogP) is 8.10. The van der Waals surface area contributed by atoms with Crippen LogP contribution in [0.15, 0.2) is 54.6 Å². The minimum Gasteiger partial charge on any atom is -0.395 e. The first-order valence-corrected chi connectivity index (χ1v) is 12.9. The molecule has 0 aliphatic carbocycles. The molecular weight excluding hydrogens is 395 g/mol. The topological polar surface area (TPSA) is 55.8 Å². The summed E-state index contributed by atoms with van der Waals surface area (Å²) in [5, 5.41) is 0. The minimum atomic E-state index is -4.20. The van der Waals surface area contributed by atoms with Gasteiger partial charge in [-0.15, -0.1) is 0 Å². The summed E-state index contributed by atoms with van der Waals surface area (Å²) in [5.74, 6) is 0.635. The summed E-state index contributed by atoms with van der Waals surface area (Å²) in [6, 6.07) is 15.9. The lowest BCUT2D eigenvalue weighted by Crippen LogP contribution is -1.99. The highest BCUT2D eigenvalue weighted by Crippen LogP contribution is 2.44. The maximum atomic E-state index is 12.1. The molecule has 0 aliphatic heterocycles. The Morgan fingerprint density at radius 2 is 1.13 bits per heavy atom. The van der Waals surface area contributed by atoms with Crippen LogP contribution in [-0.4, -0.2) is 4.89 Å². The third-order valence-electron chi connectivity index (χ3n) is 5.18. The molecule has 0 saturated heterocycles. The summed E-state index contributed by atoms with van der Waals surface area (Å²) in [7, 11) is -4.20. The maximum Gasteiger partial charge on any atom is 0.584 e. The molecule has 0 heterocycles. The van der Waals surface area contributed by atoms with Crippen LogP contribution in [0.3, 0.4) is 0 Å². The van der Waals surface area contributed by atoms with Crippen molar-refractivity contribution in [2.75, 3.05) is 0 Å². The molecule has 1 unspecified atom stereocenters. The molecule has 1 N–H and O–H groups in total. The normalized spacial score (nSPS) is 13.0. The Kier molecular flexibility index (Phi) is 11.7. The molecule has 2 aromatic rings. The molecule has 4 nitrogen and oxygen atoms in total. The first-order chi connectivity index (χ1) is 14.6. The lowest BCUT2D eigenvalue weighted by Gasteiger charge is -2.14. The summed E-state index contributed by atoms with van der Waals surface area (Å²) < 4.78 is 22.4. The van der Waals surface area contributed by atoms with Gasteiger partial charge in [0.25, 0.3) is 0 Å². The molecule has 30 heavy (non-hydrogen) atoms. The number of unbranched alkanes of at least 4 members (excludes halogenated alkanes) is 10. The summed E-state index contributed by atoms with van der Waals surface area (Å²) >= 11 is 0. The van der Waals surface area contributed by atoms with Crippen molar-refractivity contribution in [1.82, 2.24) is 0 Å². The van der Waals surface area contributed by atoms with Crippen molar-refractivity contribution in [3.63, 3.8) is 0 Å². The zero-order chi connectivity index (χ0) is 21.5. The fraction of sp³-hybridized carbons (Fsp3) is 0.520. The van der Waals surface area contributed by atoms with E-state index in [1.807, 2.05) is 18.2 Å². The Hall–Kier alpha value is -1.77. The van der Waals surface area contributed by atoms with Gasteiger partial charge < -0.3 is 9.05 Å². The molecule has 2 aromatic carbocycles. The van der Waals surface area contributed by atoms with Crippen LogP contribution >= 0.6 is 7.82 Å². The second-order valence-corrected chi connectivity index (χ2v) is 9.20. The first-order valence-electron chi connectivity index (χ1n) is 11.4. The second kappa shape index (κ2) is 14.3. The van der Waals surface area contributed by atoms with E-state index in [0.29, 0.717) is 11.5 Å². The van der Waals surface area contributed by atoms with Gasteiger partial charge in [-0.1, -0.05) is 101 Å². The molecule has 0 spiro atoms. The van der Waals surface area contributed by atoms with Gasteiger partial charge in [-0.05, 0) is 42.7 Å². The van der Waals surface area contributed by atoms with Gasteiger partial charge in [-0.25, -0.2) is 4.57 Å². The Morgan fingerprint density at radius 3 is 1.67 bits per heavy atom. The van der Waals surface area contributed by atoms with E-state index < -0.39 is 7.82 Å². The molecule has 0 aromatic heterocycles. The highest BCUT2D eigenvalue weighted by Gasteiger charge is 2.24. The van der Waals surface area contributed by atoms with Crippen molar-refractivity contribution in [3.05, 3.63) is 60.2 Å². The Bertz CT molecular complexity index is 731. The highest BCUT2D eigenvalue weighted by molar-refractivity contribution is 7.48. The lowest BCUT2D eigenvalue weighted by molar-refractivity contribution is 0.291. The van der Waals surface area contributed by atoms with E-state index >= 15 is 0 Å². The highest BCUT2D eigenvalue weighted by atomic mass is 31.2. The van der Waals surface area contributed by atoms with Gasteiger partial charge in [0, 0.05) is 0 Å². The quantitative estimate of drug-likeness (QED) is 0.215. The molecule has 0 amide bonds. The van der Waals surface area contributed by atoms with Gasteiger partial charge >= 0.3 is 7.82 Å². The van der Waals surface area contributed by atoms with Crippen LogP contribution < -0.4 is 9.05 Å². The van der Waals surface area contributed by atoms with E-state index in [1.54, 1.807) is 36.4 Å². The third-order valence-corrected chi connectivity index (χ3v) is 6.06. The van der Waals surface area contributed by atoms with Gasteiger partial charge in [0.1, 0.15) is 11.5 Å². The summed E-state index contributed by atoms with van der Waals surface area (Å²) in [6.07, 6.45) is 15.7. The Balaban J connectivity index is 1.58. The van der Waals surface area contributed by atoms with Crippen LogP contribution in [0.25, 0.3) is 0 Å². The molecule has 0 fully saturated rings. The number of hydrogen-bond donors (Lipinski definition) is 1. The summed E-state index contributed by atoms with van der Waals surface area (Å²) in [6.45, 7) is 2.26. The molecule has 0 saturated carbocycles. The van der Waals surface area contributed by atoms with E-state index in [1.165, 1.54) is 76.2 Å². The molecular formula is C25H37O4P. The van der Waals surface area contributed by atoms with Gasteiger partial charge in [-0.3, -0.25) is 4.89 Å². The van der Waals surface area contributed by atoms with Crippen molar-refractivity contribution < 1.29 is 18.5 Å². The number of phosphoric acid groups is 1. The monoisotopic (exact) mass is 432 g/mol. The SMILES string of the molecule is CCCCCCCCCCCCCc1ccc(OP(=O)(O)Oc2ccccc2)cc1. The first kappa shape index (κ1) is 24.5. The second-order valence-electron chi connectivity index (χ2n) is 7.89. The van der Waals surface area contributed by atoms with E-state index in [9.17, 15) is 9.46 Å². The number of hydrogen-bond acceptors (Lipinski definition) is 3. The zero-order valence-electron chi connectivity index (χ0n) is 18.3. The van der Waals surface area contributed by atoms with Gasteiger partial charge in [0.05, 0.1) is 0 Å². The van der Waals surface area contributed by atoms with E-state index in [2.05, 4.69) is 6.92 Å². The van der Waals surface area contributed by atoms with Crippen LogP contribution in [-0.2, 0) is 11.0 Å². The molecule has 166 valence electrons. The average Bonchev–Trinajstić information content (AvgIpc) is 2.73. The zero-order valence-corrected chi connectivity index (χ0v) is 19.2. The van der Waals surface area contributed by atoms with Gasteiger partial charge in [0.2, 0.25) is 0 Å². The van der Waals surface area contributed by atoms with Crippen molar-refractivity contribution in [3.8, 4) is 11.5 Å². The smallest absolute Gasteiger partial charge is 0.395 e. The Labute approximate surface area is 182 Å². The van der Waals surface area contributed by atoms with Crippen LogP contribution in [0.4, 0.5) is 0 Å². The summed E-state index contributed by atoms with van der Waals surface area (Å²) in [4.78, 5) is 9.92. The van der Waals surface area contributed by atoms with Crippen molar-refractivity contribution in [1.29, 1.82) is 0 Å². The lowest BCUT2D eigenvalue weighted by atomic mass is 10.0. The molecule has 0 aliphatic rings. The molecule has 1 atom stereocenters. The fourth-order valence-electron chi connectivity index (χ4n) is 3.48. The van der Waals surface area contributed by atoms with Crippen LogP contribution in [0.2, 0.25) is 0 Å². The summed E-state index contributed by atoms with van der Waals surface area (Å²) in [5.41, 5.74) is 1.22. The maximum absolute atomic E-state index is 12.1. The van der Waals surface area contributed by atoms with E-state index in [4.69, 9.17) is 9.05 Å². The van der Waals surface area contributed by atoms with Gasteiger partial charge in [-0.2, -0.15) is 0 Å². The molecule has 0 bridgehead atoms. The number of phosphoric ester groups is 1. The number of para-hydroxylation sites is 1. The average molecular weight is 433 g/mol. The largest absolute Gasteiger partial charge is 0.584 e. The predicted molar refractivity (Wildman–Crippen MR) is 124 cm³/mol. The van der Waals surface area contributed by atoms with E-state index in [0.717, 1.165) is 6.42 Å². The Morgan fingerprint density at radius 1 is 0.667 bits per heavy atom. The van der Waals surface area contributed by atoms with Gasteiger partial charge in [0.15, 0.2) is 0 Å². The minimum absolute atomic E-state index is 0.302. The molecule has 5 heteroatoms. The molecule has 0 radical (unpaired) electrons. The van der Waals surface area contributed by atoms with E-state index in [-0.39, 0.29) is 0 Å². The van der Waals surface area contributed by atoms with Crippen LogP contribution in [0, 0.1) is 0 Å². The molecule has 2 rings (SSSR count). The third kappa shape index (κ3) is 10.8. The van der Waals surface area contributed by atoms with Crippen molar-refractivity contribution in [2.45, 2.75) is 84.0 Å². The van der Waals surface area contributed by atoms with Crippen LogP contribution in [0.1, 0.15) is 83.1 Å². The number of benzene rings is 2.